The summed E-state index contributed by atoms with van der Waals surface area (Å²) >= 11 is 0. The average molecular weight is 569 g/mol. The Morgan fingerprint density at radius 2 is 1.90 bits per heavy atom. The first-order valence-electron chi connectivity index (χ1n) is 14.0. The van der Waals surface area contributed by atoms with Gasteiger partial charge in [0.2, 0.25) is 5.82 Å². The number of likely N-dealkylation sites (tertiary alicyclic amines) is 1. The molecule has 2 saturated heterocycles. The Bertz CT molecular complexity index is 1310. The zero-order valence-corrected chi connectivity index (χ0v) is 23.5. The predicted molar refractivity (Wildman–Crippen MR) is 148 cm³/mol. The Morgan fingerprint density at radius 3 is 2.56 bits per heavy atom. The number of carbonyl (C=O) groups excluding carboxylic acids is 1. The zero-order chi connectivity index (χ0) is 29.1. The van der Waals surface area contributed by atoms with Gasteiger partial charge in [0.1, 0.15) is 12.3 Å². The number of aromatic nitrogens is 2. The Kier molecular flexibility index (Phi) is 8.25. The highest BCUT2D eigenvalue weighted by molar-refractivity contribution is 5.85. The van der Waals surface area contributed by atoms with E-state index in [-0.39, 0.29) is 61.9 Å². The molecule has 1 amide bonds. The lowest BCUT2D eigenvalue weighted by Gasteiger charge is -2.37. The fraction of sp³-hybridized carbons (Fsp3) is 0.571. The summed E-state index contributed by atoms with van der Waals surface area (Å²) in [5.41, 5.74) is 0.428. The molecule has 5 rings (SSSR count). The molecular weight excluding hydrogens is 532 g/mol. The number of likely N-dealkylation sites (N-methyl/N-ethyl adjacent to an activating group) is 1. The van der Waals surface area contributed by atoms with Crippen molar-refractivity contribution in [3.05, 3.63) is 51.2 Å². The minimum Gasteiger partial charge on any atom is -0.468 e. The van der Waals surface area contributed by atoms with Gasteiger partial charge >= 0.3 is 23.8 Å². The van der Waals surface area contributed by atoms with Gasteiger partial charge < -0.3 is 29.3 Å². The molecule has 3 heterocycles. The average Bonchev–Trinajstić information content (AvgIpc) is 3.39. The van der Waals surface area contributed by atoms with Crippen molar-refractivity contribution in [1.82, 2.24) is 19.8 Å². The maximum atomic E-state index is 13.5. The van der Waals surface area contributed by atoms with Crippen LogP contribution in [-0.2, 0) is 27.8 Å². The van der Waals surface area contributed by atoms with E-state index < -0.39 is 22.4 Å². The number of fused-ring (bicyclic) bond motifs is 1. The van der Waals surface area contributed by atoms with E-state index in [1.807, 2.05) is 31.3 Å². The number of ether oxygens (including phenoxy) is 2. The number of rotatable bonds is 8. The molecule has 0 saturated carbocycles. The van der Waals surface area contributed by atoms with Crippen molar-refractivity contribution in [1.29, 1.82) is 0 Å². The lowest BCUT2D eigenvalue weighted by atomic mass is 9.67. The predicted octanol–water partition coefficient (Wildman–Crippen LogP) is 2.65. The lowest BCUT2D eigenvalue weighted by molar-refractivity contribution is -0.385. The lowest BCUT2D eigenvalue weighted by Crippen LogP contribution is -2.49. The van der Waals surface area contributed by atoms with Gasteiger partial charge in [-0.25, -0.2) is 4.79 Å². The van der Waals surface area contributed by atoms with E-state index in [0.717, 1.165) is 36.9 Å². The second kappa shape index (κ2) is 11.9. The van der Waals surface area contributed by atoms with Gasteiger partial charge in [0, 0.05) is 38.6 Å². The number of nitro groups is 1. The summed E-state index contributed by atoms with van der Waals surface area (Å²) in [6, 6.07) is 7.81. The molecule has 2 fully saturated rings. The second-order valence-electron chi connectivity index (χ2n) is 11.0. The minimum absolute atomic E-state index is 0.00525. The van der Waals surface area contributed by atoms with Crippen LogP contribution in [0.1, 0.15) is 42.5 Å². The molecule has 13 heteroatoms. The van der Waals surface area contributed by atoms with Crippen molar-refractivity contribution in [2.24, 2.45) is 0 Å². The van der Waals surface area contributed by atoms with Gasteiger partial charge in [-0.2, -0.15) is 9.97 Å². The molecule has 2 atom stereocenters. The summed E-state index contributed by atoms with van der Waals surface area (Å²) in [5.74, 6) is -0.395. The maximum Gasteiger partial charge on any atom is 0.407 e. The van der Waals surface area contributed by atoms with Crippen LogP contribution in [0, 0.1) is 10.1 Å². The molecular formula is C28H36N6O7. The largest absolute Gasteiger partial charge is 0.468 e. The van der Waals surface area contributed by atoms with Crippen LogP contribution >= 0.6 is 0 Å². The fourth-order valence-electron chi connectivity index (χ4n) is 6.40. The number of methoxy groups -OCH3 is 1. The third kappa shape index (κ3) is 5.63. The zero-order valence-electron chi connectivity index (χ0n) is 23.5. The van der Waals surface area contributed by atoms with E-state index in [1.54, 1.807) is 4.90 Å². The highest BCUT2D eigenvalue weighted by Gasteiger charge is 2.47. The fourth-order valence-corrected chi connectivity index (χ4v) is 6.40. The van der Waals surface area contributed by atoms with Crippen LogP contribution < -0.4 is 9.64 Å². The summed E-state index contributed by atoms with van der Waals surface area (Å²) in [6.45, 7) is 2.08. The molecule has 1 aromatic carbocycles. The quantitative estimate of drug-likeness (QED) is 0.284. The number of hydrogen-bond acceptors (Lipinski definition) is 10. The molecule has 3 aliphatic rings. The standard InChI is InChI=1S/C28H36N6O7/c1-31-12-6-9-20(31)18-41-26-29-22(17-28(25(35)40-2)11-5-8-19-7-3-4-10-21(19)28)23(34(38)39)24(30-26)32-13-15-33(16-14-32)27(36)37/h3-4,7,10,20H,5-6,8-9,11-18H2,1-2H3,(H,36,37)/t20-,28?/m0/s1. The number of piperazine rings is 1. The third-order valence-corrected chi connectivity index (χ3v) is 8.65. The van der Waals surface area contributed by atoms with E-state index in [9.17, 15) is 24.8 Å². The highest BCUT2D eigenvalue weighted by atomic mass is 16.6. The molecule has 220 valence electrons. The van der Waals surface area contributed by atoms with Gasteiger partial charge in [0.15, 0.2) is 0 Å². The molecule has 0 spiro atoms. The normalized spacial score (nSPS) is 22.7. The molecule has 0 bridgehead atoms. The third-order valence-electron chi connectivity index (χ3n) is 8.65. The first-order chi connectivity index (χ1) is 19.7. The van der Waals surface area contributed by atoms with Crippen LogP contribution in [0.25, 0.3) is 0 Å². The number of carbonyl (C=O) groups is 2. The first-order valence-corrected chi connectivity index (χ1v) is 14.0. The minimum atomic E-state index is -1.16. The van der Waals surface area contributed by atoms with Crippen molar-refractivity contribution in [3.63, 3.8) is 0 Å². The van der Waals surface area contributed by atoms with Crippen LogP contribution in [0.5, 0.6) is 6.01 Å². The molecule has 13 nitrogen and oxygen atoms in total. The van der Waals surface area contributed by atoms with Crippen molar-refractivity contribution >= 4 is 23.6 Å². The van der Waals surface area contributed by atoms with Crippen LogP contribution in [0.4, 0.5) is 16.3 Å². The van der Waals surface area contributed by atoms with Crippen molar-refractivity contribution in [3.8, 4) is 6.01 Å². The second-order valence-corrected chi connectivity index (χ2v) is 11.0. The van der Waals surface area contributed by atoms with Crippen LogP contribution in [0.3, 0.4) is 0 Å². The summed E-state index contributed by atoms with van der Waals surface area (Å²) in [4.78, 5) is 51.4. The summed E-state index contributed by atoms with van der Waals surface area (Å²) in [5, 5.41) is 22.0. The molecule has 1 unspecified atom stereocenters. The van der Waals surface area contributed by atoms with Crippen molar-refractivity contribution in [2.75, 3.05) is 58.4 Å². The molecule has 1 aliphatic carbocycles. The maximum absolute atomic E-state index is 13.5. The number of hydrogen-bond donors (Lipinski definition) is 1. The molecule has 41 heavy (non-hydrogen) atoms. The highest BCUT2D eigenvalue weighted by Crippen LogP contribution is 2.44. The number of esters is 1. The summed E-state index contributed by atoms with van der Waals surface area (Å²) in [6.07, 6.45) is 2.88. The number of benzene rings is 1. The van der Waals surface area contributed by atoms with E-state index in [4.69, 9.17) is 9.47 Å². The number of amides is 1. The van der Waals surface area contributed by atoms with Crippen LogP contribution in [-0.4, -0.2) is 101 Å². The number of carboxylic acid groups (broad SMARTS) is 1. The topological polar surface area (TPSA) is 151 Å². The smallest absolute Gasteiger partial charge is 0.407 e. The Balaban J connectivity index is 1.59. The van der Waals surface area contributed by atoms with E-state index >= 15 is 0 Å². The molecule has 1 aromatic heterocycles. The molecule has 0 radical (unpaired) electrons. The Morgan fingerprint density at radius 1 is 1.15 bits per heavy atom. The SMILES string of the molecule is COC(=O)C1(Cc2nc(OC[C@@H]3CCCN3C)nc(N3CCN(C(=O)O)CC3)c2[N+](=O)[O-])CCCc2ccccc21. The van der Waals surface area contributed by atoms with Crippen molar-refractivity contribution < 1.29 is 29.1 Å². The van der Waals surface area contributed by atoms with E-state index in [0.29, 0.717) is 19.4 Å². The van der Waals surface area contributed by atoms with Gasteiger partial charge in [-0.05, 0) is 56.8 Å². The Hall–Kier alpha value is -4.00. The van der Waals surface area contributed by atoms with Gasteiger partial charge in [-0.15, -0.1) is 0 Å². The number of nitrogens with zero attached hydrogens (tertiary/aromatic N) is 6. The van der Waals surface area contributed by atoms with Gasteiger partial charge in [0.05, 0.1) is 17.4 Å². The molecule has 2 aliphatic heterocycles. The molecule has 1 N–H and O–H groups in total. The van der Waals surface area contributed by atoms with Crippen LogP contribution in [0.2, 0.25) is 0 Å². The first kappa shape index (κ1) is 28.5. The van der Waals surface area contributed by atoms with E-state index in [1.165, 1.54) is 12.0 Å². The monoisotopic (exact) mass is 568 g/mol. The Labute approximate surface area is 238 Å². The van der Waals surface area contributed by atoms with Gasteiger partial charge in [-0.1, -0.05) is 24.3 Å². The van der Waals surface area contributed by atoms with Crippen LogP contribution in [0.15, 0.2) is 24.3 Å². The number of aryl methyl sites for hydroxylation is 1. The summed E-state index contributed by atoms with van der Waals surface area (Å²) in [7, 11) is 3.35. The van der Waals surface area contributed by atoms with E-state index in [2.05, 4.69) is 14.9 Å². The van der Waals surface area contributed by atoms with Crippen molar-refractivity contribution in [2.45, 2.75) is 50.0 Å². The van der Waals surface area contributed by atoms with Gasteiger partial charge in [0.25, 0.3) is 0 Å². The number of anilines is 1. The summed E-state index contributed by atoms with van der Waals surface area (Å²) < 4.78 is 11.4. The molecule has 2 aromatic rings. The van der Waals surface area contributed by atoms with Gasteiger partial charge in [-0.3, -0.25) is 14.9 Å².